The lowest BCUT2D eigenvalue weighted by molar-refractivity contribution is 0.0340. The number of carbonyl (C=O) groups excluding carboxylic acids is 1. The van der Waals surface area contributed by atoms with Gasteiger partial charge in [-0.3, -0.25) is 4.90 Å². The molecule has 2 rings (SSSR count). The summed E-state index contributed by atoms with van der Waals surface area (Å²) in [5.74, 6) is -0.336. The molecule has 1 aliphatic rings. The van der Waals surface area contributed by atoms with Crippen molar-refractivity contribution in [1.29, 1.82) is 0 Å². The van der Waals surface area contributed by atoms with Crippen LogP contribution < -0.4 is 0 Å². The number of aromatic nitrogens is 1. The number of nitrogens with zero attached hydrogens (tertiary/aromatic N) is 2. The van der Waals surface area contributed by atoms with Gasteiger partial charge in [-0.25, -0.2) is 9.78 Å². The molecule has 17 heavy (non-hydrogen) atoms. The second kappa shape index (κ2) is 6.09. The van der Waals surface area contributed by atoms with Crippen molar-refractivity contribution in [3.05, 3.63) is 16.1 Å². The van der Waals surface area contributed by atoms with Gasteiger partial charge in [0.2, 0.25) is 0 Å². The van der Waals surface area contributed by atoms with Crippen LogP contribution in [0.25, 0.3) is 0 Å². The van der Waals surface area contributed by atoms with Gasteiger partial charge in [0.25, 0.3) is 0 Å². The predicted octanol–water partition coefficient (Wildman–Crippen LogP) is 1.15. The van der Waals surface area contributed by atoms with Gasteiger partial charge in [-0.15, -0.1) is 11.3 Å². The number of hydrogen-bond acceptors (Lipinski definition) is 6. The molecule has 0 radical (unpaired) electrons. The maximum absolute atomic E-state index is 11.4. The molecule has 0 unspecified atom stereocenters. The predicted molar refractivity (Wildman–Crippen MR) is 64.2 cm³/mol. The Bertz CT molecular complexity index is 375. The van der Waals surface area contributed by atoms with Crippen LogP contribution in [0.5, 0.6) is 0 Å². The molecular formula is C11H16N2O3S. The summed E-state index contributed by atoms with van der Waals surface area (Å²) in [6.07, 6.45) is 0. The number of ether oxygens (including phenoxy) is 2. The Labute approximate surface area is 104 Å². The van der Waals surface area contributed by atoms with Crippen LogP contribution in [-0.2, 0) is 16.0 Å². The van der Waals surface area contributed by atoms with E-state index in [1.165, 1.54) is 11.3 Å². The summed E-state index contributed by atoms with van der Waals surface area (Å²) in [7, 11) is 0. The smallest absolute Gasteiger partial charge is 0.357 e. The minimum atomic E-state index is -0.336. The molecule has 6 heteroatoms. The SMILES string of the molecule is CCOC(=O)c1csc(CN2CCOCC2)n1. The minimum Gasteiger partial charge on any atom is -0.461 e. The van der Waals surface area contributed by atoms with Crippen LogP contribution in [0.4, 0.5) is 0 Å². The Morgan fingerprint density at radius 1 is 1.59 bits per heavy atom. The molecule has 1 aliphatic heterocycles. The highest BCUT2D eigenvalue weighted by atomic mass is 32.1. The Morgan fingerprint density at radius 2 is 2.35 bits per heavy atom. The molecule has 1 saturated heterocycles. The number of morpholine rings is 1. The Hall–Kier alpha value is -0.980. The zero-order chi connectivity index (χ0) is 12.1. The molecule has 0 bridgehead atoms. The van der Waals surface area contributed by atoms with Crippen molar-refractivity contribution in [2.75, 3.05) is 32.9 Å². The first-order valence-electron chi connectivity index (χ1n) is 5.71. The molecule has 0 N–H and O–H groups in total. The molecule has 0 amide bonds. The van der Waals surface area contributed by atoms with Crippen molar-refractivity contribution in [2.45, 2.75) is 13.5 Å². The van der Waals surface area contributed by atoms with Crippen molar-refractivity contribution in [2.24, 2.45) is 0 Å². The molecule has 0 atom stereocenters. The highest BCUT2D eigenvalue weighted by Crippen LogP contribution is 2.14. The van der Waals surface area contributed by atoms with E-state index in [0.717, 1.165) is 37.9 Å². The normalized spacial score (nSPS) is 17.0. The summed E-state index contributed by atoms with van der Waals surface area (Å²) >= 11 is 1.50. The first kappa shape index (κ1) is 12.5. The highest BCUT2D eigenvalue weighted by Gasteiger charge is 2.15. The molecular weight excluding hydrogens is 240 g/mol. The zero-order valence-electron chi connectivity index (χ0n) is 9.85. The van der Waals surface area contributed by atoms with Crippen molar-refractivity contribution in [3.8, 4) is 0 Å². The van der Waals surface area contributed by atoms with Gasteiger partial charge in [-0.2, -0.15) is 0 Å². The highest BCUT2D eigenvalue weighted by molar-refractivity contribution is 7.09. The van der Waals surface area contributed by atoms with Crippen molar-refractivity contribution in [3.63, 3.8) is 0 Å². The number of rotatable bonds is 4. The fourth-order valence-electron chi connectivity index (χ4n) is 1.63. The number of carbonyl (C=O) groups is 1. The average Bonchev–Trinajstić information content (AvgIpc) is 2.79. The summed E-state index contributed by atoms with van der Waals surface area (Å²) in [6, 6.07) is 0. The van der Waals surface area contributed by atoms with Crippen LogP contribution >= 0.6 is 11.3 Å². The monoisotopic (exact) mass is 256 g/mol. The van der Waals surface area contributed by atoms with E-state index < -0.39 is 0 Å². The van der Waals surface area contributed by atoms with Gasteiger partial charge >= 0.3 is 5.97 Å². The Kier molecular flexibility index (Phi) is 4.47. The lowest BCUT2D eigenvalue weighted by Gasteiger charge is -2.25. The van der Waals surface area contributed by atoms with Crippen LogP contribution in [-0.4, -0.2) is 48.8 Å². The Balaban J connectivity index is 1.91. The number of thiazole rings is 1. The van der Waals surface area contributed by atoms with Crippen molar-refractivity contribution < 1.29 is 14.3 Å². The van der Waals surface area contributed by atoms with Gasteiger partial charge in [0, 0.05) is 18.5 Å². The average molecular weight is 256 g/mol. The van der Waals surface area contributed by atoms with Gasteiger partial charge < -0.3 is 9.47 Å². The standard InChI is InChI=1S/C11H16N2O3S/c1-2-16-11(14)9-8-17-10(12-9)7-13-3-5-15-6-4-13/h8H,2-7H2,1H3. The molecule has 0 saturated carbocycles. The van der Waals surface area contributed by atoms with Gasteiger partial charge in [-0.05, 0) is 6.92 Å². The van der Waals surface area contributed by atoms with E-state index in [2.05, 4.69) is 9.88 Å². The van der Waals surface area contributed by atoms with Gasteiger partial charge in [0.15, 0.2) is 5.69 Å². The molecule has 0 aromatic carbocycles. The first-order valence-corrected chi connectivity index (χ1v) is 6.59. The van der Waals surface area contributed by atoms with E-state index in [0.29, 0.717) is 12.3 Å². The third kappa shape index (κ3) is 3.49. The van der Waals surface area contributed by atoms with Crippen LogP contribution in [0.3, 0.4) is 0 Å². The maximum Gasteiger partial charge on any atom is 0.357 e. The Morgan fingerprint density at radius 3 is 3.06 bits per heavy atom. The third-order valence-corrected chi connectivity index (χ3v) is 3.33. The van der Waals surface area contributed by atoms with Gasteiger partial charge in [0.05, 0.1) is 26.4 Å². The summed E-state index contributed by atoms with van der Waals surface area (Å²) < 4.78 is 10.2. The molecule has 5 nitrogen and oxygen atoms in total. The lowest BCUT2D eigenvalue weighted by Crippen LogP contribution is -2.35. The molecule has 2 heterocycles. The van der Waals surface area contributed by atoms with Crippen LogP contribution in [0.1, 0.15) is 22.4 Å². The molecule has 1 fully saturated rings. The summed E-state index contributed by atoms with van der Waals surface area (Å²) in [5, 5.41) is 2.71. The maximum atomic E-state index is 11.4. The summed E-state index contributed by atoms with van der Waals surface area (Å²) in [5.41, 5.74) is 0.417. The van der Waals surface area contributed by atoms with Gasteiger partial charge in [-0.1, -0.05) is 0 Å². The fourth-order valence-corrected chi connectivity index (χ4v) is 2.44. The van der Waals surface area contributed by atoms with Gasteiger partial charge in [0.1, 0.15) is 5.01 Å². The van der Waals surface area contributed by atoms with E-state index in [1.54, 1.807) is 12.3 Å². The number of hydrogen-bond donors (Lipinski definition) is 0. The van der Waals surface area contributed by atoms with E-state index in [9.17, 15) is 4.79 Å². The number of esters is 1. The summed E-state index contributed by atoms with van der Waals surface area (Å²) in [6.45, 7) is 6.36. The lowest BCUT2D eigenvalue weighted by atomic mass is 10.4. The van der Waals surface area contributed by atoms with Crippen molar-refractivity contribution in [1.82, 2.24) is 9.88 Å². The largest absolute Gasteiger partial charge is 0.461 e. The zero-order valence-corrected chi connectivity index (χ0v) is 10.7. The van der Waals surface area contributed by atoms with E-state index in [1.807, 2.05) is 0 Å². The van der Waals surface area contributed by atoms with Crippen LogP contribution in [0.2, 0.25) is 0 Å². The fraction of sp³-hybridized carbons (Fsp3) is 0.636. The van der Waals surface area contributed by atoms with Crippen LogP contribution in [0, 0.1) is 0 Å². The van der Waals surface area contributed by atoms with Crippen LogP contribution in [0.15, 0.2) is 5.38 Å². The summed E-state index contributed by atoms with van der Waals surface area (Å²) in [4.78, 5) is 18.0. The third-order valence-electron chi connectivity index (χ3n) is 2.50. The molecule has 94 valence electrons. The van der Waals surface area contributed by atoms with E-state index in [-0.39, 0.29) is 5.97 Å². The quantitative estimate of drug-likeness (QED) is 0.756. The molecule has 0 spiro atoms. The topological polar surface area (TPSA) is 51.7 Å². The molecule has 1 aromatic rings. The van der Waals surface area contributed by atoms with Crippen molar-refractivity contribution >= 4 is 17.3 Å². The van der Waals surface area contributed by atoms with E-state index in [4.69, 9.17) is 9.47 Å². The van der Waals surface area contributed by atoms with E-state index >= 15 is 0 Å². The molecule has 1 aromatic heterocycles. The first-order chi connectivity index (χ1) is 8.29. The second-order valence-electron chi connectivity index (χ2n) is 3.74. The second-order valence-corrected chi connectivity index (χ2v) is 4.68. The molecule has 0 aliphatic carbocycles. The minimum absolute atomic E-state index is 0.336.